The van der Waals surface area contributed by atoms with E-state index in [-0.39, 0.29) is 5.60 Å². The molecule has 0 saturated carbocycles. The number of carboxylic acid groups (broad SMARTS) is 2. The van der Waals surface area contributed by atoms with Gasteiger partial charge in [-0.2, -0.15) is 37.7 Å². The second-order valence-corrected chi connectivity index (χ2v) is 8.98. The number of likely N-dealkylation sites (tertiary alicyclic amines) is 1. The molecule has 2 aromatic rings. The van der Waals surface area contributed by atoms with Crippen LogP contribution in [0.15, 0.2) is 41.4 Å². The second kappa shape index (κ2) is 13.2. The Labute approximate surface area is 211 Å². The summed E-state index contributed by atoms with van der Waals surface area (Å²) >= 11 is 1.77. The third-order valence-electron chi connectivity index (χ3n) is 5.18. The monoisotopic (exact) mass is 558 g/mol. The van der Waals surface area contributed by atoms with Crippen molar-refractivity contribution in [1.82, 2.24) is 9.88 Å². The van der Waals surface area contributed by atoms with Gasteiger partial charge in [-0.15, -0.1) is 0 Å². The fourth-order valence-electron chi connectivity index (χ4n) is 3.56. The summed E-state index contributed by atoms with van der Waals surface area (Å²) in [5.74, 6) is -5.51. The zero-order chi connectivity index (χ0) is 27.7. The summed E-state index contributed by atoms with van der Waals surface area (Å²) in [5.41, 5.74) is 2.62. The molecule has 2 fully saturated rings. The van der Waals surface area contributed by atoms with Gasteiger partial charge in [-0.1, -0.05) is 0 Å². The van der Waals surface area contributed by atoms with E-state index in [4.69, 9.17) is 29.3 Å². The Morgan fingerprint density at radius 2 is 1.62 bits per heavy atom. The zero-order valence-electron chi connectivity index (χ0n) is 19.2. The molecule has 206 valence electrons. The number of carbonyl (C=O) groups is 2. The molecule has 2 N–H and O–H groups in total. The maximum Gasteiger partial charge on any atom is 0.490 e. The first kappa shape index (κ1) is 30.5. The van der Waals surface area contributed by atoms with Crippen LogP contribution in [-0.4, -0.2) is 75.8 Å². The first-order chi connectivity index (χ1) is 17.2. The molecule has 2 saturated heterocycles. The number of rotatable bonds is 5. The van der Waals surface area contributed by atoms with Crippen LogP contribution in [0.5, 0.6) is 0 Å². The van der Waals surface area contributed by atoms with Crippen LogP contribution in [0.2, 0.25) is 0 Å². The van der Waals surface area contributed by atoms with Crippen molar-refractivity contribution in [2.75, 3.05) is 19.7 Å². The fourth-order valence-corrected chi connectivity index (χ4v) is 4.22. The molecule has 0 radical (unpaired) electrons. The van der Waals surface area contributed by atoms with Gasteiger partial charge in [0.2, 0.25) is 0 Å². The van der Waals surface area contributed by atoms with Gasteiger partial charge >= 0.3 is 24.3 Å². The molecule has 2 aliphatic rings. The van der Waals surface area contributed by atoms with E-state index < -0.39 is 24.3 Å². The van der Waals surface area contributed by atoms with E-state index in [0.29, 0.717) is 12.7 Å². The molecular formula is C22H24F6N2O6S. The lowest BCUT2D eigenvalue weighted by molar-refractivity contribution is -0.200. The number of thiophene rings is 1. The molecule has 4 rings (SSSR count). The van der Waals surface area contributed by atoms with E-state index in [2.05, 4.69) is 26.7 Å². The van der Waals surface area contributed by atoms with Crippen LogP contribution in [0.1, 0.15) is 24.0 Å². The standard InChI is InChI=1S/C18H22N2O2S.2C2HF3O2/c1-5-19-6-2-15(1)11-21-17-3-7-22-18(9-17)13-20(14-18)10-16-4-8-23-12-16;2*3-2(4,5)1(6)7/h1-2,4-6,8,12,17H,3,7,9-11,13-14H2;2*(H,6,7). The average Bonchev–Trinajstić information content (AvgIpc) is 3.30. The zero-order valence-corrected chi connectivity index (χ0v) is 20.0. The summed E-state index contributed by atoms with van der Waals surface area (Å²) < 4.78 is 75.7. The smallest absolute Gasteiger partial charge is 0.475 e. The Bertz CT molecular complexity index is 958. The summed E-state index contributed by atoms with van der Waals surface area (Å²) in [5, 5.41) is 18.6. The molecule has 37 heavy (non-hydrogen) atoms. The van der Waals surface area contributed by atoms with Gasteiger partial charge in [0.25, 0.3) is 0 Å². The highest BCUT2D eigenvalue weighted by Crippen LogP contribution is 2.36. The minimum Gasteiger partial charge on any atom is -0.475 e. The molecule has 2 aromatic heterocycles. The van der Waals surface area contributed by atoms with Gasteiger partial charge in [-0.05, 0) is 46.5 Å². The van der Waals surface area contributed by atoms with E-state index in [0.717, 1.165) is 39.1 Å². The third-order valence-corrected chi connectivity index (χ3v) is 5.91. The minimum atomic E-state index is -5.08. The third kappa shape index (κ3) is 10.6. The summed E-state index contributed by atoms with van der Waals surface area (Å²) in [7, 11) is 0. The average molecular weight is 558 g/mol. The van der Waals surface area contributed by atoms with Crippen molar-refractivity contribution in [3.63, 3.8) is 0 Å². The Balaban J connectivity index is 0.000000286. The number of nitrogens with zero attached hydrogens (tertiary/aromatic N) is 2. The second-order valence-electron chi connectivity index (χ2n) is 8.20. The molecule has 4 heterocycles. The van der Waals surface area contributed by atoms with Crippen molar-refractivity contribution in [2.45, 2.75) is 50.1 Å². The molecule has 1 unspecified atom stereocenters. The van der Waals surface area contributed by atoms with E-state index in [1.165, 1.54) is 11.1 Å². The van der Waals surface area contributed by atoms with E-state index >= 15 is 0 Å². The maximum absolute atomic E-state index is 10.6. The van der Waals surface area contributed by atoms with E-state index in [1.54, 1.807) is 11.3 Å². The van der Waals surface area contributed by atoms with Crippen molar-refractivity contribution >= 4 is 23.3 Å². The number of halogens is 6. The van der Waals surface area contributed by atoms with E-state index in [9.17, 15) is 26.3 Å². The van der Waals surface area contributed by atoms with Crippen LogP contribution in [0.25, 0.3) is 0 Å². The fraction of sp³-hybridized carbons (Fsp3) is 0.500. The quantitative estimate of drug-likeness (QED) is 0.522. The predicted molar refractivity (Wildman–Crippen MR) is 118 cm³/mol. The highest BCUT2D eigenvalue weighted by molar-refractivity contribution is 7.07. The highest BCUT2D eigenvalue weighted by atomic mass is 32.1. The summed E-state index contributed by atoms with van der Waals surface area (Å²) in [6.45, 7) is 4.57. The Kier molecular flexibility index (Phi) is 10.8. The first-order valence-electron chi connectivity index (χ1n) is 10.7. The van der Waals surface area contributed by atoms with Crippen LogP contribution in [0.3, 0.4) is 0 Å². The lowest BCUT2D eigenvalue weighted by atomic mass is 9.84. The number of aliphatic carboxylic acids is 2. The molecule has 1 spiro atoms. The van der Waals surface area contributed by atoms with Gasteiger partial charge in [0.1, 0.15) is 0 Å². The molecule has 0 aromatic carbocycles. The van der Waals surface area contributed by atoms with Gasteiger partial charge in [0.15, 0.2) is 0 Å². The molecular weight excluding hydrogens is 534 g/mol. The largest absolute Gasteiger partial charge is 0.490 e. The predicted octanol–water partition coefficient (Wildman–Crippen LogP) is 4.36. The Morgan fingerprint density at radius 1 is 1.05 bits per heavy atom. The van der Waals surface area contributed by atoms with E-state index in [1.807, 2.05) is 24.5 Å². The van der Waals surface area contributed by atoms with Crippen LogP contribution < -0.4 is 0 Å². The highest BCUT2D eigenvalue weighted by Gasteiger charge is 2.47. The van der Waals surface area contributed by atoms with Gasteiger partial charge < -0.3 is 19.7 Å². The maximum atomic E-state index is 10.6. The molecule has 0 bridgehead atoms. The van der Waals surface area contributed by atoms with Crippen molar-refractivity contribution in [2.24, 2.45) is 0 Å². The van der Waals surface area contributed by atoms with Gasteiger partial charge in [-0.25, -0.2) is 9.59 Å². The molecule has 0 aliphatic carbocycles. The summed E-state index contributed by atoms with van der Waals surface area (Å²) in [6.07, 6.45) is -4.22. The van der Waals surface area contributed by atoms with Gasteiger partial charge in [0.05, 0.1) is 18.3 Å². The van der Waals surface area contributed by atoms with Gasteiger partial charge in [0, 0.05) is 45.1 Å². The Morgan fingerprint density at radius 3 is 2.11 bits per heavy atom. The van der Waals surface area contributed by atoms with Crippen LogP contribution >= 0.6 is 11.3 Å². The van der Waals surface area contributed by atoms with Crippen molar-refractivity contribution in [3.05, 3.63) is 52.5 Å². The number of aromatic nitrogens is 1. The number of hydrogen-bond donors (Lipinski definition) is 2. The molecule has 0 amide bonds. The summed E-state index contributed by atoms with van der Waals surface area (Å²) in [4.78, 5) is 24.3. The molecule has 8 nitrogen and oxygen atoms in total. The van der Waals surface area contributed by atoms with Crippen LogP contribution in [-0.2, 0) is 32.2 Å². The van der Waals surface area contributed by atoms with Crippen molar-refractivity contribution < 1.29 is 55.6 Å². The Hall–Kier alpha value is -2.75. The normalized spacial score (nSPS) is 19.0. The molecule has 2 aliphatic heterocycles. The van der Waals surface area contributed by atoms with Crippen molar-refractivity contribution in [1.29, 1.82) is 0 Å². The number of pyridine rings is 1. The molecule has 1 atom stereocenters. The first-order valence-corrected chi connectivity index (χ1v) is 11.6. The lowest BCUT2D eigenvalue weighted by Crippen LogP contribution is -2.65. The SMILES string of the molecule is O=C(O)C(F)(F)F.O=C(O)C(F)(F)F.c1cc(COC2CCOC3(C2)CN(Cc2ccsc2)C3)ccn1. The lowest BCUT2D eigenvalue weighted by Gasteiger charge is -2.53. The van der Waals surface area contributed by atoms with Crippen molar-refractivity contribution in [3.8, 4) is 0 Å². The number of alkyl halides is 6. The van der Waals surface area contributed by atoms with Gasteiger partial charge in [-0.3, -0.25) is 9.88 Å². The van der Waals surface area contributed by atoms with Crippen LogP contribution in [0, 0.1) is 0 Å². The topological polar surface area (TPSA) is 109 Å². The molecule has 15 heteroatoms. The minimum absolute atomic E-state index is 0.0250. The van der Waals surface area contributed by atoms with Crippen LogP contribution in [0.4, 0.5) is 26.3 Å². The number of carboxylic acids is 2. The number of hydrogen-bond acceptors (Lipinski definition) is 7. The number of ether oxygens (including phenoxy) is 2. The summed E-state index contributed by atoms with van der Waals surface area (Å²) in [6, 6.07) is 6.24.